The Morgan fingerprint density at radius 3 is 2.36 bits per heavy atom. The van der Waals surface area contributed by atoms with Gasteiger partial charge in [0, 0.05) is 37.0 Å². The van der Waals surface area contributed by atoms with E-state index in [2.05, 4.69) is 9.98 Å². The predicted octanol–water partition coefficient (Wildman–Crippen LogP) is 4.44. The minimum absolute atomic E-state index is 0.183. The lowest BCUT2D eigenvalue weighted by Crippen LogP contribution is -2.09. The molecule has 2 aromatic carbocycles. The standard InChI is InChI=1S/C22H20N2O/c25-21(14-18-8-3-1-4-9-18)15-22(20-11-5-2-6-12-20)24-17-19-10-7-13-23-16-19/h1-13,16-17,22H,14-15H2. The van der Waals surface area contributed by atoms with E-state index in [4.69, 9.17) is 0 Å². The van der Waals surface area contributed by atoms with E-state index in [1.165, 1.54) is 0 Å². The van der Waals surface area contributed by atoms with Crippen molar-refractivity contribution in [3.8, 4) is 0 Å². The third-order valence-electron chi connectivity index (χ3n) is 3.94. The quantitative estimate of drug-likeness (QED) is 0.602. The van der Waals surface area contributed by atoms with E-state index in [1.807, 2.05) is 72.8 Å². The van der Waals surface area contributed by atoms with Gasteiger partial charge < -0.3 is 0 Å². The van der Waals surface area contributed by atoms with Crippen molar-refractivity contribution in [3.63, 3.8) is 0 Å². The SMILES string of the molecule is O=C(Cc1ccccc1)CC(N=Cc1cccnc1)c1ccccc1. The number of nitrogens with zero attached hydrogens (tertiary/aromatic N) is 2. The van der Waals surface area contributed by atoms with Crippen LogP contribution in [0.5, 0.6) is 0 Å². The summed E-state index contributed by atoms with van der Waals surface area (Å²) in [5.41, 5.74) is 3.01. The van der Waals surface area contributed by atoms with Gasteiger partial charge in [0.25, 0.3) is 0 Å². The van der Waals surface area contributed by atoms with Crippen molar-refractivity contribution in [2.45, 2.75) is 18.9 Å². The topological polar surface area (TPSA) is 42.3 Å². The second-order valence-electron chi connectivity index (χ2n) is 5.90. The Kier molecular flexibility index (Phi) is 5.83. The molecule has 0 aliphatic rings. The molecule has 0 aliphatic carbocycles. The molecule has 124 valence electrons. The number of hydrogen-bond acceptors (Lipinski definition) is 3. The van der Waals surface area contributed by atoms with Gasteiger partial charge in [0.05, 0.1) is 6.04 Å². The van der Waals surface area contributed by atoms with Gasteiger partial charge in [-0.3, -0.25) is 14.8 Å². The van der Waals surface area contributed by atoms with Crippen molar-refractivity contribution in [2.75, 3.05) is 0 Å². The van der Waals surface area contributed by atoms with Gasteiger partial charge >= 0.3 is 0 Å². The summed E-state index contributed by atoms with van der Waals surface area (Å²) in [7, 11) is 0. The van der Waals surface area contributed by atoms with Crippen LogP contribution in [0.2, 0.25) is 0 Å². The van der Waals surface area contributed by atoms with Crippen LogP contribution in [0.15, 0.2) is 90.2 Å². The Morgan fingerprint density at radius 2 is 1.68 bits per heavy atom. The van der Waals surface area contributed by atoms with Crippen LogP contribution in [0.1, 0.15) is 29.2 Å². The highest BCUT2D eigenvalue weighted by Crippen LogP contribution is 2.22. The molecule has 1 aromatic heterocycles. The molecular formula is C22H20N2O. The zero-order valence-corrected chi connectivity index (χ0v) is 14.0. The maximum Gasteiger partial charge on any atom is 0.139 e. The summed E-state index contributed by atoms with van der Waals surface area (Å²) in [6.07, 6.45) is 6.11. The second-order valence-corrected chi connectivity index (χ2v) is 5.90. The van der Waals surface area contributed by atoms with Gasteiger partial charge in [0.2, 0.25) is 0 Å². The number of ketones is 1. The zero-order valence-electron chi connectivity index (χ0n) is 14.0. The number of hydrogen-bond donors (Lipinski definition) is 0. The largest absolute Gasteiger partial charge is 0.299 e. The molecule has 0 bridgehead atoms. The van der Waals surface area contributed by atoms with Crippen molar-refractivity contribution >= 4 is 12.0 Å². The fraction of sp³-hybridized carbons (Fsp3) is 0.136. The Balaban J connectivity index is 1.75. The van der Waals surface area contributed by atoms with E-state index in [1.54, 1.807) is 18.6 Å². The van der Waals surface area contributed by atoms with Crippen molar-refractivity contribution < 1.29 is 4.79 Å². The number of aliphatic imine (C=N–C) groups is 1. The van der Waals surface area contributed by atoms with Gasteiger partial charge in [-0.15, -0.1) is 0 Å². The number of Topliss-reactive ketones (excluding diaryl/α,β-unsaturated/α-hetero) is 1. The van der Waals surface area contributed by atoms with E-state index in [0.29, 0.717) is 12.8 Å². The fourth-order valence-electron chi connectivity index (χ4n) is 2.67. The minimum Gasteiger partial charge on any atom is -0.299 e. The smallest absolute Gasteiger partial charge is 0.139 e. The molecule has 3 rings (SSSR count). The normalized spacial score (nSPS) is 12.2. The van der Waals surface area contributed by atoms with Crippen molar-refractivity contribution in [3.05, 3.63) is 102 Å². The molecular weight excluding hydrogens is 308 g/mol. The first-order valence-corrected chi connectivity index (χ1v) is 8.35. The molecule has 3 heteroatoms. The van der Waals surface area contributed by atoms with E-state index >= 15 is 0 Å². The number of carbonyl (C=O) groups is 1. The molecule has 0 radical (unpaired) electrons. The van der Waals surface area contributed by atoms with Crippen LogP contribution in [-0.4, -0.2) is 17.0 Å². The van der Waals surface area contributed by atoms with E-state index < -0.39 is 0 Å². The molecule has 25 heavy (non-hydrogen) atoms. The van der Waals surface area contributed by atoms with Crippen LogP contribution in [0.3, 0.4) is 0 Å². The fourth-order valence-corrected chi connectivity index (χ4v) is 2.67. The van der Waals surface area contributed by atoms with Crippen LogP contribution in [-0.2, 0) is 11.2 Å². The maximum absolute atomic E-state index is 12.5. The third-order valence-corrected chi connectivity index (χ3v) is 3.94. The number of benzene rings is 2. The zero-order chi connectivity index (χ0) is 17.3. The molecule has 0 aliphatic heterocycles. The Morgan fingerprint density at radius 1 is 0.960 bits per heavy atom. The maximum atomic E-state index is 12.5. The van der Waals surface area contributed by atoms with Gasteiger partial charge in [0.1, 0.15) is 5.78 Å². The molecule has 0 amide bonds. The average Bonchev–Trinajstić information content (AvgIpc) is 2.67. The molecule has 0 N–H and O–H groups in total. The highest BCUT2D eigenvalue weighted by atomic mass is 16.1. The summed E-state index contributed by atoms with van der Waals surface area (Å²) >= 11 is 0. The number of carbonyl (C=O) groups excluding carboxylic acids is 1. The van der Waals surface area contributed by atoms with Crippen molar-refractivity contribution in [1.82, 2.24) is 4.98 Å². The first-order valence-electron chi connectivity index (χ1n) is 8.35. The predicted molar refractivity (Wildman–Crippen MR) is 101 cm³/mol. The number of rotatable bonds is 7. The molecule has 0 saturated heterocycles. The average molecular weight is 328 g/mol. The molecule has 3 nitrogen and oxygen atoms in total. The molecule has 0 fully saturated rings. The van der Waals surface area contributed by atoms with E-state index in [-0.39, 0.29) is 11.8 Å². The Labute approximate surface area is 148 Å². The van der Waals surface area contributed by atoms with Crippen LogP contribution < -0.4 is 0 Å². The highest BCUT2D eigenvalue weighted by Gasteiger charge is 2.15. The molecule has 0 saturated carbocycles. The summed E-state index contributed by atoms with van der Waals surface area (Å²) in [4.78, 5) is 21.3. The lowest BCUT2D eigenvalue weighted by atomic mass is 9.98. The van der Waals surface area contributed by atoms with Crippen LogP contribution in [0, 0.1) is 0 Å². The summed E-state index contributed by atoms with van der Waals surface area (Å²) < 4.78 is 0. The lowest BCUT2D eigenvalue weighted by Gasteiger charge is -2.12. The van der Waals surface area contributed by atoms with Gasteiger partial charge in [-0.2, -0.15) is 0 Å². The summed E-state index contributed by atoms with van der Waals surface area (Å²) in [6.45, 7) is 0. The molecule has 1 heterocycles. The van der Waals surface area contributed by atoms with Crippen LogP contribution in [0.25, 0.3) is 0 Å². The van der Waals surface area contributed by atoms with Gasteiger partial charge in [-0.25, -0.2) is 0 Å². The summed E-state index contributed by atoms with van der Waals surface area (Å²) in [6, 6.07) is 23.4. The monoisotopic (exact) mass is 328 g/mol. The van der Waals surface area contributed by atoms with Crippen molar-refractivity contribution in [1.29, 1.82) is 0 Å². The van der Waals surface area contributed by atoms with Gasteiger partial charge in [-0.1, -0.05) is 66.7 Å². The molecule has 1 unspecified atom stereocenters. The molecule has 1 atom stereocenters. The Bertz CT molecular complexity index is 814. The van der Waals surface area contributed by atoms with Gasteiger partial charge in [0.15, 0.2) is 0 Å². The first kappa shape index (κ1) is 16.8. The summed E-state index contributed by atoms with van der Waals surface area (Å²) in [5, 5.41) is 0. The highest BCUT2D eigenvalue weighted by molar-refractivity contribution is 5.83. The second kappa shape index (κ2) is 8.69. The minimum atomic E-state index is -0.183. The molecule has 0 spiro atoms. The van der Waals surface area contributed by atoms with E-state index in [9.17, 15) is 4.79 Å². The third kappa shape index (κ3) is 5.21. The van der Waals surface area contributed by atoms with Crippen LogP contribution >= 0.6 is 0 Å². The molecule has 3 aromatic rings. The van der Waals surface area contributed by atoms with Crippen LogP contribution in [0.4, 0.5) is 0 Å². The first-order chi connectivity index (χ1) is 12.3. The lowest BCUT2D eigenvalue weighted by molar-refractivity contribution is -0.118. The van der Waals surface area contributed by atoms with Crippen molar-refractivity contribution in [2.24, 2.45) is 4.99 Å². The Hall–Kier alpha value is -3.07. The number of pyridine rings is 1. The van der Waals surface area contributed by atoms with Gasteiger partial charge in [-0.05, 0) is 17.2 Å². The summed E-state index contributed by atoms with van der Waals surface area (Å²) in [5.74, 6) is 0.184. The number of aromatic nitrogens is 1. The van der Waals surface area contributed by atoms with E-state index in [0.717, 1.165) is 16.7 Å².